The van der Waals surface area contributed by atoms with Crippen molar-refractivity contribution in [2.24, 2.45) is 7.05 Å². The van der Waals surface area contributed by atoms with Crippen molar-refractivity contribution in [3.05, 3.63) is 53.2 Å². The van der Waals surface area contributed by atoms with Crippen LogP contribution in [0.3, 0.4) is 0 Å². The number of carbonyl (C=O) groups excluding carboxylic acids is 1. The monoisotopic (exact) mass is 298 g/mol. The molecule has 0 atom stereocenters. The number of rotatable bonds is 4. The van der Waals surface area contributed by atoms with Crippen molar-refractivity contribution in [2.45, 2.75) is 13.0 Å². The average molecular weight is 298 g/mol. The van der Waals surface area contributed by atoms with Gasteiger partial charge in [-0.2, -0.15) is 5.10 Å². The number of hydrogen-bond acceptors (Lipinski definition) is 5. The van der Waals surface area contributed by atoms with Gasteiger partial charge in [0.15, 0.2) is 5.65 Å². The van der Waals surface area contributed by atoms with Crippen molar-refractivity contribution in [3.8, 4) is 5.75 Å². The number of para-hydroxylation sites is 1. The molecule has 22 heavy (non-hydrogen) atoms. The van der Waals surface area contributed by atoms with E-state index < -0.39 is 5.97 Å². The Hall–Kier alpha value is -2.96. The topological polar surface area (TPSA) is 79.0 Å². The van der Waals surface area contributed by atoms with E-state index in [1.54, 1.807) is 31.3 Å². The molecule has 2 aromatic heterocycles. The fourth-order valence-corrected chi connectivity index (χ4v) is 2.11. The standard InChI is InChI=1S/C15H14N4O3/c1-18-14-12(9-17-18)15(21)19(10-16-14)8-7-13(20)22-11-5-3-2-4-6-11/h2-6,9-10H,7-8H2,1H3. The van der Waals surface area contributed by atoms with E-state index in [0.717, 1.165) is 0 Å². The highest BCUT2D eigenvalue weighted by Gasteiger charge is 2.10. The predicted octanol–water partition coefficient (Wildman–Crippen LogP) is 1.13. The van der Waals surface area contributed by atoms with E-state index >= 15 is 0 Å². The molecular weight excluding hydrogens is 284 g/mol. The van der Waals surface area contributed by atoms with Gasteiger partial charge in [-0.3, -0.25) is 18.8 Å². The number of carbonyl (C=O) groups is 1. The Morgan fingerprint density at radius 1 is 1.27 bits per heavy atom. The minimum atomic E-state index is -0.399. The number of hydrogen-bond donors (Lipinski definition) is 0. The molecular formula is C15H14N4O3. The molecule has 0 saturated carbocycles. The number of benzene rings is 1. The van der Waals surface area contributed by atoms with Crippen molar-refractivity contribution in [2.75, 3.05) is 0 Å². The Morgan fingerprint density at radius 2 is 2.05 bits per heavy atom. The maximum atomic E-state index is 12.2. The highest BCUT2D eigenvalue weighted by Crippen LogP contribution is 2.09. The first-order valence-electron chi connectivity index (χ1n) is 6.78. The summed E-state index contributed by atoms with van der Waals surface area (Å²) < 4.78 is 8.09. The Labute approximate surface area is 125 Å². The van der Waals surface area contributed by atoms with Gasteiger partial charge in [0.05, 0.1) is 18.9 Å². The zero-order chi connectivity index (χ0) is 15.5. The third-order valence-electron chi connectivity index (χ3n) is 3.25. The molecule has 0 bridgehead atoms. The summed E-state index contributed by atoms with van der Waals surface area (Å²) in [6.07, 6.45) is 2.98. The van der Waals surface area contributed by atoms with Crippen molar-refractivity contribution >= 4 is 17.0 Å². The van der Waals surface area contributed by atoms with E-state index in [1.165, 1.54) is 21.8 Å². The van der Waals surface area contributed by atoms with Crippen molar-refractivity contribution < 1.29 is 9.53 Å². The maximum absolute atomic E-state index is 12.2. The normalized spacial score (nSPS) is 10.8. The Balaban J connectivity index is 1.70. The van der Waals surface area contributed by atoms with Gasteiger partial charge in [0.25, 0.3) is 5.56 Å². The summed E-state index contributed by atoms with van der Waals surface area (Å²) in [4.78, 5) is 28.2. The van der Waals surface area contributed by atoms with Gasteiger partial charge in [-0.05, 0) is 12.1 Å². The molecule has 0 aliphatic heterocycles. The number of aryl methyl sites for hydroxylation is 2. The quantitative estimate of drug-likeness (QED) is 0.533. The molecule has 7 heteroatoms. The first kappa shape index (κ1) is 14.0. The van der Waals surface area contributed by atoms with Crippen LogP contribution in [0.4, 0.5) is 0 Å². The fraction of sp³-hybridized carbons (Fsp3) is 0.200. The first-order valence-corrected chi connectivity index (χ1v) is 6.78. The van der Waals surface area contributed by atoms with Gasteiger partial charge in [0.2, 0.25) is 0 Å². The molecule has 1 aromatic carbocycles. The second-order valence-electron chi connectivity index (χ2n) is 4.79. The van der Waals surface area contributed by atoms with Gasteiger partial charge in [-0.1, -0.05) is 18.2 Å². The van der Waals surface area contributed by atoms with Crippen LogP contribution in [0.15, 0.2) is 47.7 Å². The van der Waals surface area contributed by atoms with E-state index in [2.05, 4.69) is 10.1 Å². The molecule has 112 valence electrons. The van der Waals surface area contributed by atoms with Gasteiger partial charge >= 0.3 is 5.97 Å². The first-order chi connectivity index (χ1) is 10.6. The van der Waals surface area contributed by atoms with Crippen LogP contribution in [0.1, 0.15) is 6.42 Å². The lowest BCUT2D eigenvalue weighted by Gasteiger charge is -2.06. The summed E-state index contributed by atoms with van der Waals surface area (Å²) in [6.45, 7) is 0.211. The maximum Gasteiger partial charge on any atom is 0.312 e. The number of ether oxygens (including phenoxy) is 1. The molecule has 0 fully saturated rings. The molecule has 2 heterocycles. The predicted molar refractivity (Wildman–Crippen MR) is 79.5 cm³/mol. The smallest absolute Gasteiger partial charge is 0.312 e. The van der Waals surface area contributed by atoms with E-state index in [4.69, 9.17) is 4.74 Å². The van der Waals surface area contributed by atoms with Crippen LogP contribution >= 0.6 is 0 Å². The van der Waals surface area contributed by atoms with Crippen LogP contribution in [0, 0.1) is 0 Å². The van der Waals surface area contributed by atoms with Crippen molar-refractivity contribution in [1.82, 2.24) is 19.3 Å². The molecule has 0 saturated heterocycles. The van der Waals surface area contributed by atoms with Crippen LogP contribution in [0.5, 0.6) is 5.75 Å². The molecule has 0 spiro atoms. The zero-order valence-electron chi connectivity index (χ0n) is 12.0. The molecule has 0 N–H and O–H groups in total. The van der Waals surface area contributed by atoms with E-state index in [9.17, 15) is 9.59 Å². The average Bonchev–Trinajstić information content (AvgIpc) is 2.90. The number of fused-ring (bicyclic) bond motifs is 1. The fourth-order valence-electron chi connectivity index (χ4n) is 2.11. The van der Waals surface area contributed by atoms with Gasteiger partial charge in [0, 0.05) is 13.6 Å². The van der Waals surface area contributed by atoms with E-state index in [0.29, 0.717) is 16.8 Å². The third kappa shape index (κ3) is 2.73. The van der Waals surface area contributed by atoms with Gasteiger partial charge in [-0.15, -0.1) is 0 Å². The molecule has 7 nitrogen and oxygen atoms in total. The Morgan fingerprint density at radius 3 is 2.82 bits per heavy atom. The summed E-state index contributed by atoms with van der Waals surface area (Å²) in [6, 6.07) is 8.81. The molecule has 3 aromatic rings. The Kier molecular flexibility index (Phi) is 3.69. The van der Waals surface area contributed by atoms with E-state index in [-0.39, 0.29) is 18.5 Å². The lowest BCUT2D eigenvalue weighted by molar-refractivity contribution is -0.134. The third-order valence-corrected chi connectivity index (χ3v) is 3.25. The van der Waals surface area contributed by atoms with E-state index in [1.807, 2.05) is 6.07 Å². The van der Waals surface area contributed by atoms with Crippen LogP contribution in [0.25, 0.3) is 11.0 Å². The van der Waals surface area contributed by atoms with Gasteiger partial charge in [-0.25, -0.2) is 4.98 Å². The minimum absolute atomic E-state index is 0.0856. The molecule has 0 amide bonds. The summed E-state index contributed by atoms with van der Waals surface area (Å²) in [5, 5.41) is 4.43. The second kappa shape index (κ2) is 5.80. The lowest BCUT2D eigenvalue weighted by atomic mass is 10.3. The Bertz CT molecular complexity index is 867. The highest BCUT2D eigenvalue weighted by molar-refractivity contribution is 5.73. The summed E-state index contributed by atoms with van der Waals surface area (Å²) >= 11 is 0. The SMILES string of the molecule is Cn1ncc2c(=O)n(CCC(=O)Oc3ccccc3)cnc21. The van der Waals surface area contributed by atoms with Crippen LogP contribution in [0.2, 0.25) is 0 Å². The second-order valence-corrected chi connectivity index (χ2v) is 4.79. The number of aromatic nitrogens is 4. The number of esters is 1. The molecule has 0 aliphatic rings. The largest absolute Gasteiger partial charge is 0.426 e. The van der Waals surface area contributed by atoms with Crippen molar-refractivity contribution in [3.63, 3.8) is 0 Å². The molecule has 0 radical (unpaired) electrons. The van der Waals surface area contributed by atoms with Crippen LogP contribution in [-0.4, -0.2) is 25.3 Å². The minimum Gasteiger partial charge on any atom is -0.426 e. The summed E-state index contributed by atoms with van der Waals surface area (Å²) in [5.74, 6) is 0.0880. The molecule has 0 aliphatic carbocycles. The number of nitrogens with zero attached hydrogens (tertiary/aromatic N) is 4. The van der Waals surface area contributed by atoms with Crippen molar-refractivity contribution in [1.29, 1.82) is 0 Å². The molecule has 0 unspecified atom stereocenters. The lowest BCUT2D eigenvalue weighted by Crippen LogP contribution is -2.23. The van der Waals surface area contributed by atoms with Gasteiger partial charge in [0.1, 0.15) is 11.1 Å². The summed E-state index contributed by atoms with van der Waals surface area (Å²) in [5.41, 5.74) is 0.304. The van der Waals surface area contributed by atoms with Crippen LogP contribution in [-0.2, 0) is 18.4 Å². The highest BCUT2D eigenvalue weighted by atomic mass is 16.5. The van der Waals surface area contributed by atoms with Crippen LogP contribution < -0.4 is 10.3 Å². The zero-order valence-corrected chi connectivity index (χ0v) is 12.0. The molecule has 3 rings (SSSR count). The summed E-state index contributed by atoms with van der Waals surface area (Å²) in [7, 11) is 1.72. The van der Waals surface area contributed by atoms with Gasteiger partial charge < -0.3 is 4.74 Å².